The highest BCUT2D eigenvalue weighted by Crippen LogP contribution is 2.13. The zero-order valence-electron chi connectivity index (χ0n) is 12.0. The molecule has 0 radical (unpaired) electrons. The number of rotatable bonds is 5. The molecule has 2 aromatic rings. The van der Waals surface area contributed by atoms with Gasteiger partial charge in [-0.15, -0.1) is 0 Å². The highest BCUT2D eigenvalue weighted by atomic mass is 15.1. The van der Waals surface area contributed by atoms with E-state index in [-0.39, 0.29) is 0 Å². The van der Waals surface area contributed by atoms with E-state index in [1.807, 2.05) is 17.1 Å². The van der Waals surface area contributed by atoms with Gasteiger partial charge in [-0.3, -0.25) is 0 Å². The fraction of sp³-hybridized carbons (Fsp3) is 0.438. The summed E-state index contributed by atoms with van der Waals surface area (Å²) in [5.41, 5.74) is 2.49. The number of aromatic nitrogens is 2. The van der Waals surface area contributed by atoms with Gasteiger partial charge < -0.3 is 14.8 Å². The molecule has 0 aliphatic carbocycles. The van der Waals surface area contributed by atoms with E-state index in [4.69, 9.17) is 0 Å². The van der Waals surface area contributed by atoms with Crippen molar-refractivity contribution in [1.82, 2.24) is 19.8 Å². The normalized spacial score (nSPS) is 19.6. The van der Waals surface area contributed by atoms with Crippen molar-refractivity contribution in [2.45, 2.75) is 13.0 Å². The van der Waals surface area contributed by atoms with Crippen molar-refractivity contribution in [3.05, 3.63) is 48.5 Å². The van der Waals surface area contributed by atoms with Crippen LogP contribution in [-0.4, -0.2) is 41.1 Å². The second-order valence-corrected chi connectivity index (χ2v) is 5.68. The molecule has 4 heteroatoms. The summed E-state index contributed by atoms with van der Waals surface area (Å²) in [6.45, 7) is 4.54. The summed E-state index contributed by atoms with van der Waals surface area (Å²) in [4.78, 5) is 6.48. The Balaban J connectivity index is 1.49. The molecule has 1 saturated heterocycles. The first-order valence-electron chi connectivity index (χ1n) is 7.28. The van der Waals surface area contributed by atoms with Gasteiger partial charge >= 0.3 is 0 Å². The number of benzene rings is 1. The largest absolute Gasteiger partial charge is 0.312 e. The molecule has 1 N–H and O–H groups in total. The third-order valence-corrected chi connectivity index (χ3v) is 3.99. The molecule has 0 spiro atoms. The van der Waals surface area contributed by atoms with Gasteiger partial charge in [0.15, 0.2) is 0 Å². The van der Waals surface area contributed by atoms with E-state index >= 15 is 0 Å². The van der Waals surface area contributed by atoms with E-state index in [2.05, 4.69) is 46.5 Å². The molecule has 1 fully saturated rings. The second-order valence-electron chi connectivity index (χ2n) is 5.68. The number of hydrogen-bond acceptors (Lipinski definition) is 3. The van der Waals surface area contributed by atoms with E-state index in [0.29, 0.717) is 0 Å². The first-order chi connectivity index (χ1) is 9.81. The van der Waals surface area contributed by atoms with Crippen LogP contribution in [0, 0.1) is 5.92 Å². The van der Waals surface area contributed by atoms with Crippen LogP contribution in [0.15, 0.2) is 43.0 Å². The Hall–Kier alpha value is -1.65. The topological polar surface area (TPSA) is 33.1 Å². The third kappa shape index (κ3) is 3.26. The lowest BCUT2D eigenvalue weighted by Gasteiger charge is -2.12. The van der Waals surface area contributed by atoms with E-state index in [1.54, 1.807) is 6.20 Å². The van der Waals surface area contributed by atoms with E-state index in [1.165, 1.54) is 25.1 Å². The van der Waals surface area contributed by atoms with Gasteiger partial charge in [-0.25, -0.2) is 4.98 Å². The standard InChI is InChI=1S/C16H22N4/c1-19-8-6-15(12-19)11-18-10-14-2-4-16(5-3-14)20-9-7-17-13-20/h2-5,7,9,13,15,18H,6,8,10-12H2,1H3. The van der Waals surface area contributed by atoms with Gasteiger partial charge in [-0.1, -0.05) is 12.1 Å². The number of likely N-dealkylation sites (tertiary alicyclic amines) is 1. The van der Waals surface area contributed by atoms with Gasteiger partial charge in [0, 0.05) is 31.2 Å². The molecular weight excluding hydrogens is 248 g/mol. The van der Waals surface area contributed by atoms with Gasteiger partial charge in [0.05, 0.1) is 6.33 Å². The Kier molecular flexibility index (Phi) is 4.14. The van der Waals surface area contributed by atoms with Crippen LogP contribution in [-0.2, 0) is 6.54 Å². The molecule has 0 saturated carbocycles. The molecule has 0 amide bonds. The second kappa shape index (κ2) is 6.20. The molecular formula is C16H22N4. The average Bonchev–Trinajstić information content (AvgIpc) is 3.11. The predicted octanol–water partition coefficient (Wildman–Crippen LogP) is 1.91. The van der Waals surface area contributed by atoms with Crippen LogP contribution in [0.1, 0.15) is 12.0 Å². The first kappa shape index (κ1) is 13.3. The highest BCUT2D eigenvalue weighted by Gasteiger charge is 2.18. The van der Waals surface area contributed by atoms with Crippen molar-refractivity contribution in [2.24, 2.45) is 5.92 Å². The quantitative estimate of drug-likeness (QED) is 0.901. The zero-order chi connectivity index (χ0) is 13.8. The fourth-order valence-electron chi connectivity index (χ4n) is 2.81. The molecule has 20 heavy (non-hydrogen) atoms. The van der Waals surface area contributed by atoms with E-state index in [0.717, 1.165) is 24.7 Å². The zero-order valence-corrected chi connectivity index (χ0v) is 12.0. The van der Waals surface area contributed by atoms with Crippen molar-refractivity contribution in [2.75, 3.05) is 26.7 Å². The molecule has 1 aliphatic rings. The maximum absolute atomic E-state index is 4.07. The Morgan fingerprint density at radius 1 is 1.30 bits per heavy atom. The SMILES string of the molecule is CN1CCC(CNCc2ccc(-n3ccnc3)cc2)C1. The molecule has 1 aromatic heterocycles. The molecule has 2 heterocycles. The third-order valence-electron chi connectivity index (χ3n) is 3.99. The number of imidazole rings is 1. The average molecular weight is 270 g/mol. The number of hydrogen-bond donors (Lipinski definition) is 1. The lowest BCUT2D eigenvalue weighted by molar-refractivity contribution is 0.388. The molecule has 3 rings (SSSR count). The Labute approximate surface area is 120 Å². The lowest BCUT2D eigenvalue weighted by atomic mass is 10.1. The summed E-state index contributed by atoms with van der Waals surface area (Å²) in [5.74, 6) is 0.810. The van der Waals surface area contributed by atoms with Gasteiger partial charge in [0.2, 0.25) is 0 Å². The molecule has 106 valence electrons. The molecule has 1 aromatic carbocycles. The van der Waals surface area contributed by atoms with Crippen molar-refractivity contribution in [3.8, 4) is 5.69 Å². The fourth-order valence-corrected chi connectivity index (χ4v) is 2.81. The van der Waals surface area contributed by atoms with Crippen molar-refractivity contribution in [1.29, 1.82) is 0 Å². The first-order valence-corrected chi connectivity index (χ1v) is 7.28. The van der Waals surface area contributed by atoms with Crippen LogP contribution in [0.4, 0.5) is 0 Å². The maximum atomic E-state index is 4.07. The van der Waals surface area contributed by atoms with Crippen LogP contribution < -0.4 is 5.32 Å². The Morgan fingerprint density at radius 2 is 2.15 bits per heavy atom. The van der Waals surface area contributed by atoms with Crippen molar-refractivity contribution < 1.29 is 0 Å². The maximum Gasteiger partial charge on any atom is 0.0991 e. The summed E-state index contributed by atoms with van der Waals surface area (Å²) in [5, 5.41) is 3.57. The van der Waals surface area contributed by atoms with Crippen molar-refractivity contribution >= 4 is 0 Å². The van der Waals surface area contributed by atoms with Crippen LogP contribution >= 0.6 is 0 Å². The summed E-state index contributed by atoms with van der Waals surface area (Å²) in [6, 6.07) is 8.65. The minimum atomic E-state index is 0.810. The minimum Gasteiger partial charge on any atom is -0.312 e. The van der Waals surface area contributed by atoms with Crippen LogP contribution in [0.2, 0.25) is 0 Å². The smallest absolute Gasteiger partial charge is 0.0991 e. The van der Waals surface area contributed by atoms with Gasteiger partial charge in [0.25, 0.3) is 0 Å². The Morgan fingerprint density at radius 3 is 2.80 bits per heavy atom. The van der Waals surface area contributed by atoms with Crippen LogP contribution in [0.25, 0.3) is 5.69 Å². The molecule has 0 bridgehead atoms. The highest BCUT2D eigenvalue weighted by molar-refractivity contribution is 5.34. The molecule has 1 aliphatic heterocycles. The summed E-state index contributed by atoms with van der Waals surface area (Å²) in [7, 11) is 2.20. The summed E-state index contributed by atoms with van der Waals surface area (Å²) < 4.78 is 2.02. The molecule has 1 atom stereocenters. The van der Waals surface area contributed by atoms with Crippen molar-refractivity contribution in [3.63, 3.8) is 0 Å². The minimum absolute atomic E-state index is 0.810. The van der Waals surface area contributed by atoms with E-state index < -0.39 is 0 Å². The van der Waals surface area contributed by atoms with E-state index in [9.17, 15) is 0 Å². The van der Waals surface area contributed by atoms with Crippen LogP contribution in [0.3, 0.4) is 0 Å². The summed E-state index contributed by atoms with van der Waals surface area (Å²) >= 11 is 0. The predicted molar refractivity (Wildman–Crippen MR) is 80.9 cm³/mol. The number of nitrogens with one attached hydrogen (secondary N) is 1. The summed E-state index contributed by atoms with van der Waals surface area (Å²) in [6.07, 6.45) is 6.91. The number of nitrogens with zero attached hydrogens (tertiary/aromatic N) is 3. The molecule has 1 unspecified atom stereocenters. The Bertz CT molecular complexity index is 518. The molecule has 4 nitrogen and oxygen atoms in total. The lowest BCUT2D eigenvalue weighted by Crippen LogP contribution is -2.24. The monoisotopic (exact) mass is 270 g/mol. The van der Waals surface area contributed by atoms with Gasteiger partial charge in [-0.2, -0.15) is 0 Å². The van der Waals surface area contributed by atoms with Gasteiger partial charge in [-0.05, 0) is 50.2 Å². The van der Waals surface area contributed by atoms with Crippen LogP contribution in [0.5, 0.6) is 0 Å². The van der Waals surface area contributed by atoms with Gasteiger partial charge in [0.1, 0.15) is 0 Å².